The Kier molecular flexibility index (Phi) is 7.18. The van der Waals surface area contributed by atoms with Crippen LogP contribution in [0.1, 0.15) is 27.7 Å². The van der Waals surface area contributed by atoms with E-state index in [4.69, 9.17) is 10.5 Å². The molecule has 5 nitrogen and oxygen atoms in total. The van der Waals surface area contributed by atoms with Crippen LogP contribution < -0.4 is 15.8 Å². The standard InChI is InChI=1S/C17H29N3O2/c1-12(2)9-20(10-13(3)4)11-17(21)19-15-8-14(18)6-7-16(15)22-5/h6-8,12-13H,9-11,18H2,1-5H3,(H,19,21). The Balaban J connectivity index is 2.72. The highest BCUT2D eigenvalue weighted by Crippen LogP contribution is 2.26. The SMILES string of the molecule is COc1ccc(N)cc1NC(=O)CN(CC(C)C)CC(C)C. The first-order chi connectivity index (χ1) is 10.3. The van der Waals surface area contributed by atoms with Gasteiger partial charge in [-0.15, -0.1) is 0 Å². The van der Waals surface area contributed by atoms with Crippen LogP contribution in [0, 0.1) is 11.8 Å². The first-order valence-corrected chi connectivity index (χ1v) is 7.77. The van der Waals surface area contributed by atoms with Crippen molar-refractivity contribution < 1.29 is 9.53 Å². The fraction of sp³-hybridized carbons (Fsp3) is 0.588. The maximum absolute atomic E-state index is 12.3. The van der Waals surface area contributed by atoms with Gasteiger partial charge in [0.2, 0.25) is 5.91 Å². The highest BCUT2D eigenvalue weighted by molar-refractivity contribution is 5.94. The van der Waals surface area contributed by atoms with Gasteiger partial charge in [-0.3, -0.25) is 9.69 Å². The monoisotopic (exact) mass is 307 g/mol. The average molecular weight is 307 g/mol. The van der Waals surface area contributed by atoms with E-state index in [0.717, 1.165) is 13.1 Å². The fourth-order valence-corrected chi connectivity index (χ4v) is 2.45. The number of nitrogens with one attached hydrogen (secondary N) is 1. The van der Waals surface area contributed by atoms with Gasteiger partial charge in [0, 0.05) is 18.8 Å². The number of carbonyl (C=O) groups excluding carboxylic acids is 1. The lowest BCUT2D eigenvalue weighted by Crippen LogP contribution is -2.38. The lowest BCUT2D eigenvalue weighted by Gasteiger charge is -2.25. The molecule has 0 saturated heterocycles. The molecular weight excluding hydrogens is 278 g/mol. The summed E-state index contributed by atoms with van der Waals surface area (Å²) in [5.74, 6) is 1.61. The molecule has 0 spiro atoms. The van der Waals surface area contributed by atoms with Gasteiger partial charge in [-0.1, -0.05) is 27.7 Å². The lowest BCUT2D eigenvalue weighted by molar-refractivity contribution is -0.117. The summed E-state index contributed by atoms with van der Waals surface area (Å²) in [6.07, 6.45) is 0. The number of amides is 1. The molecule has 0 unspecified atom stereocenters. The molecule has 5 heteroatoms. The van der Waals surface area contributed by atoms with Gasteiger partial charge < -0.3 is 15.8 Å². The highest BCUT2D eigenvalue weighted by Gasteiger charge is 2.15. The summed E-state index contributed by atoms with van der Waals surface area (Å²) in [4.78, 5) is 14.5. The highest BCUT2D eigenvalue weighted by atomic mass is 16.5. The molecule has 0 bridgehead atoms. The van der Waals surface area contributed by atoms with Crippen LogP contribution in [0.5, 0.6) is 5.75 Å². The van der Waals surface area contributed by atoms with E-state index in [2.05, 4.69) is 37.9 Å². The van der Waals surface area contributed by atoms with Crippen molar-refractivity contribution >= 4 is 17.3 Å². The summed E-state index contributed by atoms with van der Waals surface area (Å²) in [6, 6.07) is 5.22. The number of hydrogen-bond donors (Lipinski definition) is 2. The number of hydrogen-bond acceptors (Lipinski definition) is 4. The van der Waals surface area contributed by atoms with Crippen molar-refractivity contribution in [2.75, 3.05) is 37.8 Å². The topological polar surface area (TPSA) is 67.6 Å². The number of anilines is 2. The molecule has 0 aliphatic heterocycles. The molecular formula is C17H29N3O2. The number of benzene rings is 1. The van der Waals surface area contributed by atoms with Crippen molar-refractivity contribution in [3.8, 4) is 5.75 Å². The van der Waals surface area contributed by atoms with Crippen LogP contribution in [0.15, 0.2) is 18.2 Å². The summed E-state index contributed by atoms with van der Waals surface area (Å²) < 4.78 is 5.25. The van der Waals surface area contributed by atoms with Gasteiger partial charge in [0.15, 0.2) is 0 Å². The van der Waals surface area contributed by atoms with Gasteiger partial charge in [0.05, 0.1) is 19.3 Å². The molecule has 1 rings (SSSR count). The maximum Gasteiger partial charge on any atom is 0.238 e. The Bertz CT molecular complexity index is 477. The fourth-order valence-electron chi connectivity index (χ4n) is 2.45. The van der Waals surface area contributed by atoms with E-state index in [1.807, 2.05) is 0 Å². The van der Waals surface area contributed by atoms with Gasteiger partial charge in [-0.2, -0.15) is 0 Å². The molecule has 0 fully saturated rings. The molecule has 124 valence electrons. The molecule has 3 N–H and O–H groups in total. The smallest absolute Gasteiger partial charge is 0.238 e. The Labute approximate surface area is 133 Å². The van der Waals surface area contributed by atoms with E-state index in [1.165, 1.54) is 0 Å². The molecule has 0 aliphatic carbocycles. The van der Waals surface area contributed by atoms with Crippen LogP contribution in [-0.2, 0) is 4.79 Å². The van der Waals surface area contributed by atoms with Crippen LogP contribution in [0.3, 0.4) is 0 Å². The van der Waals surface area contributed by atoms with Crippen molar-refractivity contribution in [3.63, 3.8) is 0 Å². The van der Waals surface area contributed by atoms with E-state index in [-0.39, 0.29) is 5.91 Å². The van der Waals surface area contributed by atoms with E-state index < -0.39 is 0 Å². The second-order valence-electron chi connectivity index (χ2n) is 6.49. The van der Waals surface area contributed by atoms with Gasteiger partial charge >= 0.3 is 0 Å². The summed E-state index contributed by atoms with van der Waals surface area (Å²) in [7, 11) is 1.57. The average Bonchev–Trinajstić information content (AvgIpc) is 2.36. The molecule has 22 heavy (non-hydrogen) atoms. The first kappa shape index (κ1) is 18.3. The summed E-state index contributed by atoms with van der Waals surface area (Å²) >= 11 is 0. The third kappa shape index (κ3) is 6.35. The lowest BCUT2D eigenvalue weighted by atomic mass is 10.1. The normalized spacial score (nSPS) is 11.3. The minimum Gasteiger partial charge on any atom is -0.495 e. The van der Waals surface area contributed by atoms with Crippen molar-refractivity contribution in [1.29, 1.82) is 0 Å². The molecule has 1 amide bonds. The van der Waals surface area contributed by atoms with Crippen molar-refractivity contribution in [2.45, 2.75) is 27.7 Å². The zero-order chi connectivity index (χ0) is 16.7. The Morgan fingerprint density at radius 3 is 2.32 bits per heavy atom. The number of ether oxygens (including phenoxy) is 1. The number of rotatable bonds is 8. The summed E-state index contributed by atoms with van der Waals surface area (Å²) in [6.45, 7) is 10.8. The van der Waals surface area contributed by atoms with Gasteiger partial charge in [0.1, 0.15) is 5.75 Å². The number of nitrogens with zero attached hydrogens (tertiary/aromatic N) is 1. The molecule has 0 atom stereocenters. The van der Waals surface area contributed by atoms with Crippen LogP contribution in [-0.4, -0.2) is 37.6 Å². The number of methoxy groups -OCH3 is 1. The number of carbonyl (C=O) groups is 1. The third-order valence-electron chi connectivity index (χ3n) is 3.11. The summed E-state index contributed by atoms with van der Waals surface area (Å²) in [5, 5.41) is 2.89. The number of nitrogen functional groups attached to an aromatic ring is 1. The van der Waals surface area contributed by atoms with Crippen LogP contribution in [0.4, 0.5) is 11.4 Å². The first-order valence-electron chi connectivity index (χ1n) is 7.77. The molecule has 1 aromatic carbocycles. The Morgan fingerprint density at radius 2 is 1.82 bits per heavy atom. The van der Waals surface area contributed by atoms with Crippen molar-refractivity contribution in [3.05, 3.63) is 18.2 Å². The predicted octanol–water partition coefficient (Wildman–Crippen LogP) is 2.83. The third-order valence-corrected chi connectivity index (χ3v) is 3.11. The predicted molar refractivity (Wildman–Crippen MR) is 92.2 cm³/mol. The Morgan fingerprint density at radius 1 is 1.23 bits per heavy atom. The zero-order valence-corrected chi connectivity index (χ0v) is 14.3. The zero-order valence-electron chi connectivity index (χ0n) is 14.3. The van der Waals surface area contributed by atoms with Gasteiger partial charge in [-0.05, 0) is 30.0 Å². The van der Waals surface area contributed by atoms with E-state index in [0.29, 0.717) is 35.5 Å². The van der Waals surface area contributed by atoms with E-state index in [1.54, 1.807) is 25.3 Å². The quantitative estimate of drug-likeness (QED) is 0.725. The largest absolute Gasteiger partial charge is 0.495 e. The second-order valence-corrected chi connectivity index (χ2v) is 6.49. The minimum absolute atomic E-state index is 0.0507. The van der Waals surface area contributed by atoms with Gasteiger partial charge in [-0.25, -0.2) is 0 Å². The molecule has 0 saturated carbocycles. The molecule has 0 heterocycles. The number of nitrogens with two attached hydrogens (primary N) is 1. The van der Waals surface area contributed by atoms with Crippen molar-refractivity contribution in [2.24, 2.45) is 11.8 Å². The van der Waals surface area contributed by atoms with Crippen molar-refractivity contribution in [1.82, 2.24) is 4.90 Å². The maximum atomic E-state index is 12.3. The molecule has 1 aromatic rings. The molecule has 0 aromatic heterocycles. The van der Waals surface area contributed by atoms with Crippen LogP contribution >= 0.6 is 0 Å². The second kappa shape index (κ2) is 8.63. The minimum atomic E-state index is -0.0507. The van der Waals surface area contributed by atoms with Crippen LogP contribution in [0.2, 0.25) is 0 Å². The van der Waals surface area contributed by atoms with E-state index >= 15 is 0 Å². The van der Waals surface area contributed by atoms with E-state index in [9.17, 15) is 4.79 Å². The molecule has 0 radical (unpaired) electrons. The van der Waals surface area contributed by atoms with Crippen LogP contribution in [0.25, 0.3) is 0 Å². The summed E-state index contributed by atoms with van der Waals surface area (Å²) in [5.41, 5.74) is 6.98. The molecule has 0 aliphatic rings. The van der Waals surface area contributed by atoms with Gasteiger partial charge in [0.25, 0.3) is 0 Å². The Hall–Kier alpha value is -1.75.